The number of halogens is 1. The van der Waals surface area contributed by atoms with Crippen molar-refractivity contribution in [1.29, 1.82) is 0 Å². The zero-order chi connectivity index (χ0) is 10.5. The van der Waals surface area contributed by atoms with E-state index in [0.29, 0.717) is 12.5 Å². The Morgan fingerprint density at radius 3 is 2.93 bits per heavy atom. The third kappa shape index (κ3) is 3.32. The number of nitrogens with zero attached hydrogens (tertiary/aromatic N) is 1. The molecule has 2 aromatic heterocycles. The number of aromatic nitrogens is 1. The van der Waals surface area contributed by atoms with Crippen molar-refractivity contribution in [1.82, 2.24) is 4.98 Å². The molecule has 0 atom stereocenters. The average Bonchev–Trinajstić information content (AvgIpc) is 2.71. The maximum absolute atomic E-state index is 5.53. The summed E-state index contributed by atoms with van der Waals surface area (Å²) < 4.78 is 6.33. The zero-order valence-electron chi connectivity index (χ0n) is 8.02. The van der Waals surface area contributed by atoms with Crippen LogP contribution < -0.4 is 4.74 Å². The van der Waals surface area contributed by atoms with E-state index in [1.54, 1.807) is 11.3 Å². The lowest BCUT2D eigenvalue weighted by Gasteiger charge is -2.03. The molecule has 2 nitrogen and oxygen atoms in total. The lowest BCUT2D eigenvalue weighted by Crippen LogP contribution is -2.01. The monoisotopic (exact) mass is 283 g/mol. The summed E-state index contributed by atoms with van der Waals surface area (Å²) in [4.78, 5) is 5.53. The van der Waals surface area contributed by atoms with E-state index in [0.717, 1.165) is 11.0 Å². The summed E-state index contributed by atoms with van der Waals surface area (Å²) in [5.41, 5.74) is 0. The van der Waals surface area contributed by atoms with Gasteiger partial charge >= 0.3 is 0 Å². The quantitative estimate of drug-likeness (QED) is 0.801. The fourth-order valence-corrected chi connectivity index (χ4v) is 2.20. The maximum Gasteiger partial charge on any atom is 0.214 e. The third-order valence-corrected chi connectivity index (χ3v) is 3.25. The van der Waals surface area contributed by atoms with Crippen molar-refractivity contribution in [3.8, 4) is 5.88 Å². The number of thiophene rings is 1. The molecule has 2 aromatic rings. The highest BCUT2D eigenvalue weighted by atomic mass is 79.9. The van der Waals surface area contributed by atoms with Crippen LogP contribution in [0.1, 0.15) is 4.88 Å². The van der Waals surface area contributed by atoms with Gasteiger partial charge in [-0.1, -0.05) is 12.1 Å². The van der Waals surface area contributed by atoms with Crippen LogP contribution in [0, 0.1) is 0 Å². The topological polar surface area (TPSA) is 22.1 Å². The summed E-state index contributed by atoms with van der Waals surface area (Å²) in [6.07, 6.45) is 0.936. The Kier molecular flexibility index (Phi) is 3.75. The van der Waals surface area contributed by atoms with Gasteiger partial charge < -0.3 is 4.74 Å². The molecule has 0 radical (unpaired) electrons. The minimum Gasteiger partial charge on any atom is -0.477 e. The molecule has 2 rings (SSSR count). The van der Waals surface area contributed by atoms with Gasteiger partial charge in [0.25, 0.3) is 0 Å². The van der Waals surface area contributed by atoms with Gasteiger partial charge in [0.05, 0.1) is 6.61 Å². The van der Waals surface area contributed by atoms with Crippen molar-refractivity contribution in [3.05, 3.63) is 45.2 Å². The summed E-state index contributed by atoms with van der Waals surface area (Å²) in [7, 11) is 0. The van der Waals surface area contributed by atoms with Gasteiger partial charge in [0.1, 0.15) is 4.60 Å². The first-order chi connectivity index (χ1) is 7.34. The van der Waals surface area contributed by atoms with E-state index >= 15 is 0 Å². The van der Waals surface area contributed by atoms with Crippen LogP contribution in [0.15, 0.2) is 40.3 Å². The van der Waals surface area contributed by atoms with Gasteiger partial charge in [0.15, 0.2) is 0 Å². The Balaban J connectivity index is 1.83. The Hall–Kier alpha value is -0.870. The summed E-state index contributed by atoms with van der Waals surface area (Å²) >= 11 is 5.06. The van der Waals surface area contributed by atoms with E-state index < -0.39 is 0 Å². The van der Waals surface area contributed by atoms with Crippen LogP contribution in [-0.4, -0.2) is 11.6 Å². The molecule has 0 aliphatic heterocycles. The number of rotatable bonds is 4. The fraction of sp³-hybridized carbons (Fsp3) is 0.182. The zero-order valence-corrected chi connectivity index (χ0v) is 10.4. The lowest BCUT2D eigenvalue weighted by molar-refractivity contribution is 0.310. The molecule has 15 heavy (non-hydrogen) atoms. The molecule has 0 aliphatic carbocycles. The van der Waals surface area contributed by atoms with Gasteiger partial charge in [0, 0.05) is 17.4 Å². The first kappa shape index (κ1) is 10.6. The standard InChI is InChI=1S/C11H10BrNOS/c12-10-4-1-5-11(13-10)14-7-6-9-3-2-8-15-9/h1-5,8H,6-7H2. The van der Waals surface area contributed by atoms with E-state index in [4.69, 9.17) is 4.74 Å². The largest absolute Gasteiger partial charge is 0.477 e. The van der Waals surface area contributed by atoms with Crippen molar-refractivity contribution >= 4 is 27.3 Å². The molecule has 0 bridgehead atoms. The molecule has 0 aliphatic rings. The molecular formula is C11H10BrNOS. The van der Waals surface area contributed by atoms with E-state index in [2.05, 4.69) is 38.4 Å². The molecule has 0 N–H and O–H groups in total. The molecular weight excluding hydrogens is 274 g/mol. The highest BCUT2D eigenvalue weighted by molar-refractivity contribution is 9.10. The summed E-state index contributed by atoms with van der Waals surface area (Å²) in [5.74, 6) is 0.668. The van der Waals surface area contributed by atoms with Gasteiger partial charge in [0.2, 0.25) is 5.88 Å². The molecule has 0 spiro atoms. The maximum atomic E-state index is 5.53. The minimum absolute atomic E-state index is 0.668. The van der Waals surface area contributed by atoms with Gasteiger partial charge in [-0.15, -0.1) is 11.3 Å². The lowest BCUT2D eigenvalue weighted by atomic mass is 10.4. The first-order valence-electron chi connectivity index (χ1n) is 4.62. The molecule has 0 saturated carbocycles. The Labute approximate surface area is 101 Å². The van der Waals surface area contributed by atoms with E-state index in [9.17, 15) is 0 Å². The normalized spacial score (nSPS) is 10.2. The molecule has 0 unspecified atom stereocenters. The molecule has 78 valence electrons. The van der Waals surface area contributed by atoms with E-state index in [1.807, 2.05) is 18.2 Å². The van der Waals surface area contributed by atoms with E-state index in [-0.39, 0.29) is 0 Å². The SMILES string of the molecule is Brc1cccc(OCCc2cccs2)n1. The fourth-order valence-electron chi connectivity index (χ4n) is 1.18. The average molecular weight is 284 g/mol. The highest BCUT2D eigenvalue weighted by Crippen LogP contribution is 2.13. The second-order valence-corrected chi connectivity index (χ2v) is 4.82. The van der Waals surface area contributed by atoms with Crippen LogP contribution in [-0.2, 0) is 6.42 Å². The molecule has 2 heterocycles. The van der Waals surface area contributed by atoms with Crippen molar-refractivity contribution in [3.63, 3.8) is 0 Å². The van der Waals surface area contributed by atoms with Gasteiger partial charge in [-0.05, 0) is 33.4 Å². The van der Waals surface area contributed by atoms with Crippen molar-refractivity contribution < 1.29 is 4.74 Å². The van der Waals surface area contributed by atoms with Crippen LogP contribution in [0.4, 0.5) is 0 Å². The first-order valence-corrected chi connectivity index (χ1v) is 6.29. The molecule has 0 amide bonds. The summed E-state index contributed by atoms with van der Waals surface area (Å²) in [6.45, 7) is 0.671. The van der Waals surface area contributed by atoms with Crippen LogP contribution in [0.2, 0.25) is 0 Å². The summed E-state index contributed by atoms with van der Waals surface area (Å²) in [6, 6.07) is 9.82. The third-order valence-electron chi connectivity index (χ3n) is 1.87. The Morgan fingerprint density at radius 2 is 2.20 bits per heavy atom. The predicted octanol–water partition coefficient (Wildman–Crippen LogP) is 3.53. The smallest absolute Gasteiger partial charge is 0.214 e. The van der Waals surface area contributed by atoms with Gasteiger partial charge in [-0.3, -0.25) is 0 Å². The van der Waals surface area contributed by atoms with Crippen LogP contribution in [0.25, 0.3) is 0 Å². The Bertz CT molecular complexity index is 416. The second-order valence-electron chi connectivity index (χ2n) is 2.98. The van der Waals surface area contributed by atoms with Crippen LogP contribution in [0.3, 0.4) is 0 Å². The number of hydrogen-bond donors (Lipinski definition) is 0. The molecule has 0 fully saturated rings. The Morgan fingerprint density at radius 1 is 1.27 bits per heavy atom. The van der Waals surface area contributed by atoms with Gasteiger partial charge in [-0.25, -0.2) is 4.98 Å². The van der Waals surface area contributed by atoms with Crippen molar-refractivity contribution in [2.24, 2.45) is 0 Å². The molecule has 0 saturated heterocycles. The highest BCUT2D eigenvalue weighted by Gasteiger charge is 1.97. The van der Waals surface area contributed by atoms with Crippen LogP contribution in [0.5, 0.6) is 5.88 Å². The number of pyridine rings is 1. The minimum atomic E-state index is 0.668. The van der Waals surface area contributed by atoms with Crippen molar-refractivity contribution in [2.45, 2.75) is 6.42 Å². The molecule has 4 heteroatoms. The van der Waals surface area contributed by atoms with Crippen molar-refractivity contribution in [2.75, 3.05) is 6.61 Å². The van der Waals surface area contributed by atoms with Crippen LogP contribution >= 0.6 is 27.3 Å². The predicted molar refractivity (Wildman–Crippen MR) is 65.5 cm³/mol. The van der Waals surface area contributed by atoms with E-state index in [1.165, 1.54) is 4.88 Å². The molecule has 0 aromatic carbocycles. The number of ether oxygens (including phenoxy) is 1. The second kappa shape index (κ2) is 5.28. The summed E-state index contributed by atoms with van der Waals surface area (Å²) in [5, 5.41) is 2.08. The van der Waals surface area contributed by atoms with Gasteiger partial charge in [-0.2, -0.15) is 0 Å². The number of hydrogen-bond acceptors (Lipinski definition) is 3.